The van der Waals surface area contributed by atoms with Crippen LogP contribution in [0.1, 0.15) is 5.56 Å². The van der Waals surface area contributed by atoms with Gasteiger partial charge < -0.3 is 15.6 Å². The molecule has 0 bridgehead atoms. The highest BCUT2D eigenvalue weighted by Gasteiger charge is 2.05. The average Bonchev–Trinajstić information content (AvgIpc) is 2.08. The summed E-state index contributed by atoms with van der Waals surface area (Å²) in [6, 6.07) is 3.05. The van der Waals surface area contributed by atoms with Crippen molar-refractivity contribution in [1.29, 1.82) is 0 Å². The van der Waals surface area contributed by atoms with Crippen molar-refractivity contribution in [2.24, 2.45) is 0 Å². The number of nitrogens with two attached hydrogens (primary N) is 1. The Kier molecular flexibility index (Phi) is 2.65. The molecule has 0 spiro atoms. The topological polar surface area (TPSA) is 55.5 Å². The first-order valence-electron chi connectivity index (χ1n) is 3.40. The van der Waals surface area contributed by atoms with Crippen molar-refractivity contribution in [2.45, 2.75) is 5.88 Å². The number of hydrogen-bond acceptors (Lipinski definition) is 3. The molecule has 1 aromatic carbocycles. The predicted octanol–water partition coefficient (Wildman–Crippen LogP) is 1.72. The average molecular weight is 188 g/mol. The molecule has 4 heteroatoms. The van der Waals surface area contributed by atoms with Gasteiger partial charge in [0.25, 0.3) is 0 Å². The Morgan fingerprint density at radius 1 is 1.58 bits per heavy atom. The third-order valence-corrected chi connectivity index (χ3v) is 1.87. The number of phenols is 1. The van der Waals surface area contributed by atoms with Crippen LogP contribution in [0.5, 0.6) is 11.5 Å². The van der Waals surface area contributed by atoms with Crippen molar-refractivity contribution in [3.8, 4) is 11.5 Å². The number of phenolic OH excluding ortho intramolecular Hbond substituents is 1. The molecule has 1 rings (SSSR count). The Morgan fingerprint density at radius 2 is 2.25 bits per heavy atom. The molecule has 0 saturated heterocycles. The summed E-state index contributed by atoms with van der Waals surface area (Å²) in [4.78, 5) is 0. The van der Waals surface area contributed by atoms with E-state index >= 15 is 0 Å². The number of aromatic hydroxyl groups is 1. The zero-order valence-electron chi connectivity index (χ0n) is 6.67. The minimum Gasteiger partial charge on any atom is -0.504 e. The van der Waals surface area contributed by atoms with Crippen LogP contribution in [-0.4, -0.2) is 12.2 Å². The number of halogens is 1. The number of rotatable bonds is 2. The van der Waals surface area contributed by atoms with Crippen molar-refractivity contribution >= 4 is 17.3 Å². The van der Waals surface area contributed by atoms with Crippen LogP contribution >= 0.6 is 11.6 Å². The molecule has 0 unspecified atom stereocenters. The summed E-state index contributed by atoms with van der Waals surface area (Å²) in [5.41, 5.74) is 6.83. The Morgan fingerprint density at radius 3 is 2.75 bits per heavy atom. The number of nitrogen functional groups attached to an aromatic ring is 1. The van der Waals surface area contributed by atoms with Crippen LogP contribution in [0.25, 0.3) is 0 Å². The zero-order chi connectivity index (χ0) is 9.14. The van der Waals surface area contributed by atoms with Gasteiger partial charge >= 0.3 is 0 Å². The maximum absolute atomic E-state index is 9.31. The minimum absolute atomic E-state index is 0.0577. The summed E-state index contributed by atoms with van der Waals surface area (Å²) in [5, 5.41) is 9.31. The van der Waals surface area contributed by atoms with Gasteiger partial charge in [0.15, 0.2) is 11.5 Å². The van der Waals surface area contributed by atoms with Gasteiger partial charge in [-0.2, -0.15) is 0 Å². The monoisotopic (exact) mass is 187 g/mol. The van der Waals surface area contributed by atoms with Crippen molar-refractivity contribution in [1.82, 2.24) is 0 Å². The summed E-state index contributed by atoms with van der Waals surface area (Å²) < 4.78 is 4.85. The van der Waals surface area contributed by atoms with Crippen LogP contribution in [0, 0.1) is 0 Å². The SMILES string of the molecule is COc1cc(N)c(CCl)cc1O. The van der Waals surface area contributed by atoms with E-state index in [-0.39, 0.29) is 11.6 Å². The molecule has 1 aromatic rings. The smallest absolute Gasteiger partial charge is 0.162 e. The van der Waals surface area contributed by atoms with E-state index < -0.39 is 0 Å². The van der Waals surface area contributed by atoms with E-state index in [0.29, 0.717) is 17.0 Å². The fourth-order valence-electron chi connectivity index (χ4n) is 0.907. The fraction of sp³-hybridized carbons (Fsp3) is 0.250. The van der Waals surface area contributed by atoms with Gasteiger partial charge in [0.1, 0.15) is 0 Å². The summed E-state index contributed by atoms with van der Waals surface area (Å²) in [6.07, 6.45) is 0. The second-order valence-corrected chi connectivity index (χ2v) is 2.62. The molecule has 3 N–H and O–H groups in total. The molecular weight excluding hydrogens is 178 g/mol. The molecule has 0 saturated carbocycles. The number of ether oxygens (including phenoxy) is 1. The minimum atomic E-state index is 0.0577. The van der Waals surface area contributed by atoms with E-state index in [4.69, 9.17) is 22.1 Å². The molecule has 3 nitrogen and oxygen atoms in total. The lowest BCUT2D eigenvalue weighted by atomic mass is 10.2. The Hall–Kier alpha value is -1.09. The van der Waals surface area contributed by atoms with Crippen LogP contribution in [0.15, 0.2) is 12.1 Å². The maximum Gasteiger partial charge on any atom is 0.162 e. The van der Waals surface area contributed by atoms with E-state index in [9.17, 15) is 5.11 Å². The van der Waals surface area contributed by atoms with Crippen molar-refractivity contribution in [3.05, 3.63) is 17.7 Å². The number of anilines is 1. The highest BCUT2D eigenvalue weighted by atomic mass is 35.5. The van der Waals surface area contributed by atoms with Gasteiger partial charge in [-0.15, -0.1) is 11.6 Å². The van der Waals surface area contributed by atoms with Gasteiger partial charge in [-0.3, -0.25) is 0 Å². The Labute approximate surface area is 75.7 Å². The third-order valence-electron chi connectivity index (χ3n) is 1.58. The molecule has 66 valence electrons. The second-order valence-electron chi connectivity index (χ2n) is 2.36. The van der Waals surface area contributed by atoms with Gasteiger partial charge in [-0.05, 0) is 11.6 Å². The van der Waals surface area contributed by atoms with E-state index in [1.54, 1.807) is 6.07 Å². The number of hydrogen-bond donors (Lipinski definition) is 2. The summed E-state index contributed by atoms with van der Waals surface area (Å²) in [6.45, 7) is 0. The third kappa shape index (κ3) is 1.56. The first-order chi connectivity index (χ1) is 5.69. The Bertz CT molecular complexity index is 259. The molecule has 12 heavy (non-hydrogen) atoms. The molecule has 0 aliphatic heterocycles. The van der Waals surface area contributed by atoms with Gasteiger partial charge in [0.2, 0.25) is 0 Å². The van der Waals surface area contributed by atoms with E-state index in [2.05, 4.69) is 0 Å². The van der Waals surface area contributed by atoms with Crippen LogP contribution < -0.4 is 10.5 Å². The van der Waals surface area contributed by atoms with Crippen LogP contribution in [-0.2, 0) is 5.88 Å². The quantitative estimate of drug-likeness (QED) is 0.421. The van der Waals surface area contributed by atoms with Crippen molar-refractivity contribution in [2.75, 3.05) is 12.8 Å². The van der Waals surface area contributed by atoms with E-state index in [0.717, 1.165) is 0 Å². The Balaban J connectivity index is 3.16. The number of methoxy groups -OCH3 is 1. The largest absolute Gasteiger partial charge is 0.504 e. The van der Waals surface area contributed by atoms with Crippen molar-refractivity contribution < 1.29 is 9.84 Å². The molecule has 0 aromatic heterocycles. The molecule has 0 fully saturated rings. The molecular formula is C8H10ClNO2. The number of alkyl halides is 1. The standard InChI is InChI=1S/C8H10ClNO2/c1-12-8-3-6(10)5(4-9)2-7(8)11/h2-3,11H,4,10H2,1H3. The molecule has 0 amide bonds. The van der Waals surface area contributed by atoms with Gasteiger partial charge in [0.05, 0.1) is 7.11 Å². The first kappa shape index (κ1) is 9.00. The lowest BCUT2D eigenvalue weighted by molar-refractivity contribution is 0.373. The van der Waals surface area contributed by atoms with E-state index in [1.807, 2.05) is 0 Å². The van der Waals surface area contributed by atoms with Crippen LogP contribution in [0.4, 0.5) is 5.69 Å². The lowest BCUT2D eigenvalue weighted by Gasteiger charge is -2.07. The second kappa shape index (κ2) is 3.54. The summed E-state index contributed by atoms with van der Waals surface area (Å²) >= 11 is 5.57. The lowest BCUT2D eigenvalue weighted by Crippen LogP contribution is -1.93. The highest BCUT2D eigenvalue weighted by molar-refractivity contribution is 6.17. The maximum atomic E-state index is 9.31. The summed E-state index contributed by atoms with van der Waals surface area (Å²) in [7, 11) is 1.47. The molecule has 0 radical (unpaired) electrons. The van der Waals surface area contributed by atoms with Crippen LogP contribution in [0.2, 0.25) is 0 Å². The van der Waals surface area contributed by atoms with Crippen LogP contribution in [0.3, 0.4) is 0 Å². The zero-order valence-corrected chi connectivity index (χ0v) is 7.43. The molecule has 0 aliphatic carbocycles. The highest BCUT2D eigenvalue weighted by Crippen LogP contribution is 2.31. The van der Waals surface area contributed by atoms with E-state index in [1.165, 1.54) is 13.2 Å². The van der Waals surface area contributed by atoms with Gasteiger partial charge in [-0.25, -0.2) is 0 Å². The molecule has 0 heterocycles. The van der Waals surface area contributed by atoms with Crippen molar-refractivity contribution in [3.63, 3.8) is 0 Å². The first-order valence-corrected chi connectivity index (χ1v) is 3.93. The molecule has 0 aliphatic rings. The number of benzene rings is 1. The fourth-order valence-corrected chi connectivity index (χ4v) is 1.14. The van der Waals surface area contributed by atoms with Gasteiger partial charge in [0, 0.05) is 17.6 Å². The normalized spacial score (nSPS) is 9.83. The predicted molar refractivity (Wildman–Crippen MR) is 48.6 cm³/mol. The molecule has 0 atom stereocenters. The van der Waals surface area contributed by atoms with Gasteiger partial charge in [-0.1, -0.05) is 0 Å². The summed E-state index contributed by atoms with van der Waals surface area (Å²) in [5.74, 6) is 0.701.